The lowest BCUT2D eigenvalue weighted by molar-refractivity contribution is 0.151. The zero-order valence-corrected chi connectivity index (χ0v) is 21.4. The normalized spacial score (nSPS) is 11.2. The lowest BCUT2D eigenvalue weighted by Crippen LogP contribution is -2.26. The van der Waals surface area contributed by atoms with Crippen LogP contribution in [0.4, 0.5) is 4.79 Å². The second-order valence-electron chi connectivity index (χ2n) is 8.77. The molecule has 7 nitrogen and oxygen atoms in total. The van der Waals surface area contributed by atoms with E-state index >= 15 is 0 Å². The van der Waals surface area contributed by atoms with Crippen LogP contribution in [0, 0.1) is 0 Å². The maximum absolute atomic E-state index is 12.1. The third kappa shape index (κ3) is 9.75. The standard InChI is InChI=1S/C23H30O7Si2/c1-17(29-31(3,4)5)25-19-9-13-21(14-10-19)27-23(24)28-22-15-11-20(12-16-22)26-18(2)30-32(6,7)8/h9-16H,1-2H2,3-8H3. The Hall–Kier alpha value is -3.18. The van der Waals surface area contributed by atoms with Crippen LogP contribution in [0.15, 0.2) is 73.6 Å². The molecule has 2 rings (SSSR count). The van der Waals surface area contributed by atoms with Crippen LogP contribution in [0.3, 0.4) is 0 Å². The van der Waals surface area contributed by atoms with Crippen molar-refractivity contribution in [3.05, 3.63) is 73.6 Å². The molecule has 172 valence electrons. The van der Waals surface area contributed by atoms with Crippen molar-refractivity contribution >= 4 is 22.8 Å². The third-order valence-corrected chi connectivity index (χ3v) is 5.03. The Balaban J connectivity index is 1.84. The largest absolute Gasteiger partial charge is 0.520 e. The molecule has 0 heterocycles. The Kier molecular flexibility index (Phi) is 8.17. The van der Waals surface area contributed by atoms with Crippen LogP contribution in [0.2, 0.25) is 39.3 Å². The van der Waals surface area contributed by atoms with Crippen molar-refractivity contribution in [3.8, 4) is 23.0 Å². The van der Waals surface area contributed by atoms with Crippen LogP contribution < -0.4 is 18.9 Å². The van der Waals surface area contributed by atoms with Crippen LogP contribution in [0.5, 0.6) is 23.0 Å². The van der Waals surface area contributed by atoms with Gasteiger partial charge in [0.15, 0.2) is 0 Å². The summed E-state index contributed by atoms with van der Waals surface area (Å²) in [4.78, 5) is 12.1. The monoisotopic (exact) mass is 474 g/mol. The van der Waals surface area contributed by atoms with Gasteiger partial charge in [-0.05, 0) is 101 Å². The van der Waals surface area contributed by atoms with Gasteiger partial charge in [-0.25, -0.2) is 4.79 Å². The summed E-state index contributed by atoms with van der Waals surface area (Å²) in [5.41, 5.74) is 0. The second kappa shape index (κ2) is 10.4. The Bertz CT molecular complexity index is 863. The molecule has 0 unspecified atom stereocenters. The van der Waals surface area contributed by atoms with Crippen molar-refractivity contribution in [2.24, 2.45) is 0 Å². The number of hydrogen-bond acceptors (Lipinski definition) is 7. The molecule has 0 aliphatic heterocycles. The van der Waals surface area contributed by atoms with E-state index in [1.807, 2.05) is 39.3 Å². The first-order chi connectivity index (χ1) is 14.8. The molecular formula is C23H30O7Si2. The van der Waals surface area contributed by atoms with Gasteiger partial charge in [-0.2, -0.15) is 0 Å². The average molecular weight is 475 g/mol. The molecule has 9 heteroatoms. The maximum Gasteiger partial charge on any atom is 0.519 e. The molecule has 0 aliphatic carbocycles. The van der Waals surface area contributed by atoms with Crippen LogP contribution in [-0.2, 0) is 8.85 Å². The molecule has 0 aromatic heterocycles. The summed E-state index contributed by atoms with van der Waals surface area (Å²) in [5, 5.41) is 0. The summed E-state index contributed by atoms with van der Waals surface area (Å²) in [7, 11) is -3.59. The molecule has 0 radical (unpaired) electrons. The zero-order chi connectivity index (χ0) is 23.9. The van der Waals surface area contributed by atoms with Gasteiger partial charge >= 0.3 is 6.16 Å². The number of ether oxygens (including phenoxy) is 4. The molecule has 0 aliphatic rings. The number of rotatable bonds is 10. The highest BCUT2D eigenvalue weighted by Gasteiger charge is 2.19. The van der Waals surface area contributed by atoms with Crippen LogP contribution >= 0.6 is 0 Å². The van der Waals surface area contributed by atoms with Crippen LogP contribution in [0.1, 0.15) is 0 Å². The van der Waals surface area contributed by atoms with E-state index in [1.54, 1.807) is 48.5 Å². The highest BCUT2D eigenvalue weighted by atomic mass is 28.4. The van der Waals surface area contributed by atoms with Gasteiger partial charge in [-0.3, -0.25) is 0 Å². The molecule has 0 saturated heterocycles. The number of hydrogen-bond donors (Lipinski definition) is 0. The van der Waals surface area contributed by atoms with Crippen LogP contribution in [-0.4, -0.2) is 22.8 Å². The number of benzene rings is 2. The molecule has 2 aromatic rings. The van der Waals surface area contributed by atoms with E-state index in [4.69, 9.17) is 27.8 Å². The lowest BCUT2D eigenvalue weighted by atomic mass is 10.3. The van der Waals surface area contributed by atoms with Gasteiger partial charge in [0, 0.05) is 0 Å². The SMILES string of the molecule is C=C(Oc1ccc(OC(=O)Oc2ccc(OC(=C)O[Si](C)(C)C)cc2)cc1)O[Si](C)(C)C. The highest BCUT2D eigenvalue weighted by molar-refractivity contribution is 6.70. The minimum atomic E-state index is -1.79. The minimum Gasteiger partial charge on any atom is -0.520 e. The van der Waals surface area contributed by atoms with Crippen LogP contribution in [0.25, 0.3) is 0 Å². The molecule has 32 heavy (non-hydrogen) atoms. The summed E-state index contributed by atoms with van der Waals surface area (Å²) < 4.78 is 32.7. The van der Waals surface area contributed by atoms with Crippen molar-refractivity contribution < 1.29 is 32.6 Å². The Labute approximate surface area is 191 Å². The summed E-state index contributed by atoms with van der Waals surface area (Å²) in [6, 6.07) is 12.9. The topological polar surface area (TPSA) is 72.5 Å². The summed E-state index contributed by atoms with van der Waals surface area (Å²) in [6.45, 7) is 19.7. The van der Waals surface area contributed by atoms with Crippen molar-refractivity contribution in [2.75, 3.05) is 0 Å². The van der Waals surface area contributed by atoms with E-state index in [0.29, 0.717) is 23.0 Å². The fourth-order valence-corrected chi connectivity index (χ4v) is 3.80. The molecule has 0 fully saturated rings. The van der Waals surface area contributed by atoms with Crippen molar-refractivity contribution in [1.29, 1.82) is 0 Å². The van der Waals surface area contributed by atoms with Crippen molar-refractivity contribution in [1.82, 2.24) is 0 Å². The predicted octanol–water partition coefficient (Wildman–Crippen LogP) is 6.67. The van der Waals surface area contributed by atoms with Crippen molar-refractivity contribution in [2.45, 2.75) is 39.3 Å². The third-order valence-electron chi connectivity index (χ3n) is 3.35. The molecule has 0 atom stereocenters. The predicted molar refractivity (Wildman–Crippen MR) is 128 cm³/mol. The first kappa shape index (κ1) is 25.1. The number of carbonyl (C=O) groups is 1. The summed E-state index contributed by atoms with van der Waals surface area (Å²) in [6.07, 6.45) is -0.870. The first-order valence-electron chi connectivity index (χ1n) is 10.0. The quantitative estimate of drug-likeness (QED) is 0.165. The van der Waals surface area contributed by atoms with Gasteiger partial charge in [0.25, 0.3) is 11.9 Å². The fraction of sp³-hybridized carbons (Fsp3) is 0.261. The lowest BCUT2D eigenvalue weighted by Gasteiger charge is -2.20. The van der Waals surface area contributed by atoms with Gasteiger partial charge in [0.1, 0.15) is 23.0 Å². The highest BCUT2D eigenvalue weighted by Crippen LogP contribution is 2.23. The molecule has 0 spiro atoms. The van der Waals surface area contributed by atoms with E-state index in [9.17, 15) is 4.79 Å². The fourth-order valence-electron chi connectivity index (χ4n) is 2.35. The van der Waals surface area contributed by atoms with Gasteiger partial charge in [-0.1, -0.05) is 0 Å². The molecule has 0 N–H and O–H groups in total. The Morgan fingerprint density at radius 1 is 0.562 bits per heavy atom. The Morgan fingerprint density at radius 3 is 1.06 bits per heavy atom. The smallest absolute Gasteiger partial charge is 0.519 e. The maximum atomic E-state index is 12.1. The molecule has 0 saturated carbocycles. The van der Waals surface area contributed by atoms with E-state index in [1.165, 1.54) is 0 Å². The first-order valence-corrected chi connectivity index (χ1v) is 16.8. The summed E-state index contributed by atoms with van der Waals surface area (Å²) >= 11 is 0. The van der Waals surface area contributed by atoms with E-state index < -0.39 is 22.8 Å². The second-order valence-corrected chi connectivity index (χ2v) is 17.6. The van der Waals surface area contributed by atoms with E-state index in [-0.39, 0.29) is 11.9 Å². The molecule has 0 bridgehead atoms. The Morgan fingerprint density at radius 2 is 0.812 bits per heavy atom. The van der Waals surface area contributed by atoms with E-state index in [0.717, 1.165) is 0 Å². The zero-order valence-electron chi connectivity index (χ0n) is 19.4. The molecular weight excluding hydrogens is 444 g/mol. The van der Waals surface area contributed by atoms with Gasteiger partial charge in [0.2, 0.25) is 16.6 Å². The number of carbonyl (C=O) groups excluding carboxylic acids is 1. The minimum absolute atomic E-state index is 0.236. The summed E-state index contributed by atoms with van der Waals surface area (Å²) in [5.74, 6) is 2.12. The molecule has 0 amide bonds. The van der Waals surface area contributed by atoms with Gasteiger partial charge < -0.3 is 27.8 Å². The molecule has 2 aromatic carbocycles. The van der Waals surface area contributed by atoms with Gasteiger partial charge in [0.05, 0.1) is 0 Å². The van der Waals surface area contributed by atoms with E-state index in [2.05, 4.69) is 13.2 Å². The van der Waals surface area contributed by atoms with Gasteiger partial charge in [-0.15, -0.1) is 0 Å². The van der Waals surface area contributed by atoms with Crippen molar-refractivity contribution in [3.63, 3.8) is 0 Å². The average Bonchev–Trinajstić information content (AvgIpc) is 2.62.